The van der Waals surface area contributed by atoms with Crippen LogP contribution in [0.25, 0.3) is 0 Å². The average molecular weight is 510 g/mol. The van der Waals surface area contributed by atoms with Gasteiger partial charge in [-0.2, -0.15) is 0 Å². The Morgan fingerprint density at radius 3 is 2.81 bits per heavy atom. The molecule has 1 saturated heterocycles. The molecule has 0 saturated carbocycles. The first kappa shape index (κ1) is 26.0. The van der Waals surface area contributed by atoms with Crippen LogP contribution in [-0.2, 0) is 12.8 Å². The number of nitrogens with zero attached hydrogens (tertiary/aromatic N) is 2. The van der Waals surface area contributed by atoms with Gasteiger partial charge in [0.1, 0.15) is 12.0 Å². The molecule has 9 heteroatoms. The molecular weight excluding hydrogens is 474 g/mol. The zero-order chi connectivity index (χ0) is 25.3. The molecule has 2 aliphatic heterocycles. The molecule has 2 aromatic rings. The van der Waals surface area contributed by atoms with Crippen molar-refractivity contribution in [3.63, 3.8) is 0 Å². The summed E-state index contributed by atoms with van der Waals surface area (Å²) in [6.07, 6.45) is 3.26. The summed E-state index contributed by atoms with van der Waals surface area (Å²) in [6, 6.07) is 14.1. The van der Waals surface area contributed by atoms with Crippen LogP contribution in [-0.4, -0.2) is 62.2 Å². The lowest BCUT2D eigenvalue weighted by Gasteiger charge is -2.27. The van der Waals surface area contributed by atoms with Gasteiger partial charge in [-0.05, 0) is 68.1 Å². The predicted molar refractivity (Wildman–Crippen MR) is 150 cm³/mol. The molecule has 4 bridgehead atoms. The Morgan fingerprint density at radius 2 is 2.00 bits per heavy atom. The topological polar surface area (TPSA) is 92.8 Å². The molecule has 36 heavy (non-hydrogen) atoms. The fourth-order valence-electron chi connectivity index (χ4n) is 4.42. The van der Waals surface area contributed by atoms with Gasteiger partial charge in [-0.15, -0.1) is 0 Å². The number of anilines is 3. The third kappa shape index (κ3) is 7.46. The second-order valence-electron chi connectivity index (χ2n) is 9.10. The second kappa shape index (κ2) is 12.8. The zero-order valence-corrected chi connectivity index (χ0v) is 21.8. The number of hydrogen-bond donors (Lipinski definition) is 5. The van der Waals surface area contributed by atoms with Gasteiger partial charge in [-0.3, -0.25) is 4.90 Å². The average Bonchev–Trinajstić information content (AvgIpc) is 2.88. The van der Waals surface area contributed by atoms with Crippen molar-refractivity contribution < 1.29 is 4.79 Å². The Labute approximate surface area is 218 Å². The Kier molecular flexibility index (Phi) is 9.22. The van der Waals surface area contributed by atoms with Crippen molar-refractivity contribution in [1.29, 1.82) is 0 Å². The van der Waals surface area contributed by atoms with Crippen molar-refractivity contribution >= 4 is 40.5 Å². The van der Waals surface area contributed by atoms with E-state index in [-0.39, 0.29) is 12.2 Å². The maximum absolute atomic E-state index is 12.7. The molecule has 0 aliphatic carbocycles. The first-order valence-corrected chi connectivity index (χ1v) is 13.0. The lowest BCUT2D eigenvalue weighted by molar-refractivity contribution is 0.233. The molecule has 4 rings (SSSR count). The van der Waals surface area contributed by atoms with Crippen LogP contribution in [0.15, 0.2) is 58.6 Å². The Bertz CT molecular complexity index is 1110. The maximum atomic E-state index is 12.7. The molecule has 2 aromatic carbocycles. The summed E-state index contributed by atoms with van der Waals surface area (Å²) >= 11 is 6.48. The summed E-state index contributed by atoms with van der Waals surface area (Å²) in [5.41, 5.74) is 4.93. The molecular formula is C27H36ClN7O. The number of urea groups is 1. The summed E-state index contributed by atoms with van der Waals surface area (Å²) in [4.78, 5) is 19.8. The Balaban J connectivity index is 1.52. The molecule has 8 nitrogen and oxygen atoms in total. The van der Waals surface area contributed by atoms with E-state index in [4.69, 9.17) is 16.6 Å². The van der Waals surface area contributed by atoms with Crippen molar-refractivity contribution in [3.05, 3.63) is 64.7 Å². The van der Waals surface area contributed by atoms with Crippen LogP contribution < -0.4 is 26.6 Å². The van der Waals surface area contributed by atoms with Gasteiger partial charge in [-0.25, -0.2) is 9.79 Å². The van der Waals surface area contributed by atoms with Gasteiger partial charge >= 0.3 is 6.03 Å². The third-order valence-corrected chi connectivity index (χ3v) is 6.72. The fraction of sp³-hybridized carbons (Fsp3) is 0.407. The molecule has 2 amide bonds. The standard InChI is InChI=1S/C27H36ClN7O/c1-3-24(28)26-32-19(2)31-22-6-4-5-20(17-22)7-8-21-18-23(33-26)9-10-25(21)34-27(36)30-13-16-35-14-11-29-12-15-35/h3-6,9-10,17-19,29,31H,7-8,11-16H2,1-2H3,(H,32,33)(H2,30,34,36)/b24-3+. The van der Waals surface area contributed by atoms with E-state index in [2.05, 4.69) is 49.7 Å². The normalized spacial score (nSPS) is 20.4. The van der Waals surface area contributed by atoms with Gasteiger partial charge in [0.2, 0.25) is 0 Å². The Hall–Kier alpha value is -3.07. The highest BCUT2D eigenvalue weighted by Gasteiger charge is 2.14. The molecule has 2 heterocycles. The number of amidine groups is 1. The molecule has 2 aliphatic rings. The summed E-state index contributed by atoms with van der Waals surface area (Å²) in [5.74, 6) is 0.590. The number of hydrogen-bond acceptors (Lipinski definition) is 6. The van der Waals surface area contributed by atoms with Crippen molar-refractivity contribution in [3.8, 4) is 0 Å². The number of halogens is 1. The largest absolute Gasteiger partial charge is 0.364 e. The molecule has 0 aromatic heterocycles. The number of fused-ring (bicyclic) bond motifs is 4. The number of carbonyl (C=O) groups is 1. The number of amides is 2. The molecule has 0 spiro atoms. The molecule has 192 valence electrons. The fourth-order valence-corrected chi connectivity index (χ4v) is 4.51. The summed E-state index contributed by atoms with van der Waals surface area (Å²) in [5, 5.41) is 16.7. The van der Waals surface area contributed by atoms with Crippen LogP contribution in [0, 0.1) is 0 Å². The van der Waals surface area contributed by atoms with E-state index < -0.39 is 0 Å². The van der Waals surface area contributed by atoms with E-state index in [1.807, 2.05) is 44.2 Å². The molecule has 1 unspecified atom stereocenters. The van der Waals surface area contributed by atoms with Crippen LogP contribution in [0.1, 0.15) is 25.0 Å². The lowest BCUT2D eigenvalue weighted by atomic mass is 10.0. The Morgan fingerprint density at radius 1 is 1.17 bits per heavy atom. The number of aliphatic imine (C=N–C) groups is 1. The summed E-state index contributed by atoms with van der Waals surface area (Å²) < 4.78 is 0. The minimum Gasteiger partial charge on any atom is -0.364 e. The van der Waals surface area contributed by atoms with Gasteiger partial charge in [0, 0.05) is 56.3 Å². The number of piperazine rings is 1. The van der Waals surface area contributed by atoms with Crippen LogP contribution in [0.3, 0.4) is 0 Å². The van der Waals surface area contributed by atoms with E-state index >= 15 is 0 Å². The second-order valence-corrected chi connectivity index (χ2v) is 9.51. The minimum atomic E-state index is -0.191. The van der Waals surface area contributed by atoms with Gasteiger partial charge < -0.3 is 26.6 Å². The van der Waals surface area contributed by atoms with E-state index in [0.29, 0.717) is 17.4 Å². The molecule has 1 atom stereocenters. The first-order chi connectivity index (χ1) is 17.5. The highest BCUT2D eigenvalue weighted by Crippen LogP contribution is 2.25. The van der Waals surface area contributed by atoms with Crippen molar-refractivity contribution in [1.82, 2.24) is 15.5 Å². The lowest BCUT2D eigenvalue weighted by Crippen LogP contribution is -2.46. The number of nitrogens with one attached hydrogen (secondary N) is 5. The molecule has 0 radical (unpaired) electrons. The third-order valence-electron chi connectivity index (χ3n) is 6.33. The quantitative estimate of drug-likeness (QED) is 0.416. The predicted octanol–water partition coefficient (Wildman–Crippen LogP) is 4.22. The number of aryl methyl sites for hydroxylation is 2. The van der Waals surface area contributed by atoms with Crippen LogP contribution in [0.4, 0.5) is 21.9 Å². The highest BCUT2D eigenvalue weighted by molar-refractivity contribution is 6.44. The van der Waals surface area contributed by atoms with Crippen molar-refractivity contribution in [2.75, 3.05) is 55.2 Å². The number of carbonyl (C=O) groups excluding carboxylic acids is 1. The summed E-state index contributed by atoms with van der Waals surface area (Å²) in [7, 11) is 0. The van der Waals surface area contributed by atoms with E-state index in [9.17, 15) is 4.79 Å². The zero-order valence-electron chi connectivity index (χ0n) is 21.0. The first-order valence-electron chi connectivity index (χ1n) is 12.6. The SMILES string of the molecule is C/C=C(Cl)\C1=N/C(C)Nc2cccc(c2)CCc2cc(ccc2NC(=O)NCCN2CCNCC2)N1. The summed E-state index contributed by atoms with van der Waals surface area (Å²) in [6.45, 7) is 9.36. The van der Waals surface area contributed by atoms with E-state index in [1.165, 1.54) is 5.56 Å². The number of allylic oxidation sites excluding steroid dienone is 1. The van der Waals surface area contributed by atoms with Crippen molar-refractivity contribution in [2.24, 2.45) is 4.99 Å². The van der Waals surface area contributed by atoms with E-state index in [0.717, 1.165) is 68.2 Å². The monoisotopic (exact) mass is 509 g/mol. The van der Waals surface area contributed by atoms with Crippen molar-refractivity contribution in [2.45, 2.75) is 32.9 Å². The molecule has 1 fully saturated rings. The maximum Gasteiger partial charge on any atom is 0.319 e. The smallest absolute Gasteiger partial charge is 0.319 e. The number of benzene rings is 2. The minimum absolute atomic E-state index is 0.178. The van der Waals surface area contributed by atoms with Gasteiger partial charge in [0.25, 0.3) is 0 Å². The van der Waals surface area contributed by atoms with Crippen LogP contribution in [0.2, 0.25) is 0 Å². The molecule has 5 N–H and O–H groups in total. The van der Waals surface area contributed by atoms with Gasteiger partial charge in [0.05, 0.1) is 5.03 Å². The number of rotatable bonds is 5. The van der Waals surface area contributed by atoms with Gasteiger partial charge in [0.15, 0.2) is 0 Å². The van der Waals surface area contributed by atoms with Crippen LogP contribution >= 0.6 is 11.6 Å². The van der Waals surface area contributed by atoms with Gasteiger partial charge in [-0.1, -0.05) is 29.8 Å². The highest BCUT2D eigenvalue weighted by atomic mass is 35.5. The van der Waals surface area contributed by atoms with Crippen LogP contribution in [0.5, 0.6) is 0 Å². The van der Waals surface area contributed by atoms with E-state index in [1.54, 1.807) is 0 Å².